The highest BCUT2D eigenvalue weighted by Crippen LogP contribution is 2.48. The zero-order valence-electron chi connectivity index (χ0n) is 20.0. The van der Waals surface area contributed by atoms with Crippen molar-refractivity contribution in [3.63, 3.8) is 0 Å². The van der Waals surface area contributed by atoms with Crippen molar-refractivity contribution in [1.29, 1.82) is 0 Å². The number of rotatable bonds is 6. The quantitative estimate of drug-likeness (QED) is 0.419. The van der Waals surface area contributed by atoms with Gasteiger partial charge >= 0.3 is 0 Å². The molecule has 1 fully saturated rings. The molecule has 3 aromatic rings. The molecule has 2 heterocycles. The topological polar surface area (TPSA) is 26.7 Å². The van der Waals surface area contributed by atoms with Gasteiger partial charge in [-0.1, -0.05) is 47.7 Å². The number of hydrogen-bond donors (Lipinski definition) is 1. The van der Waals surface area contributed by atoms with E-state index in [0.29, 0.717) is 5.92 Å². The van der Waals surface area contributed by atoms with E-state index < -0.39 is 0 Å². The Morgan fingerprint density at radius 1 is 0.941 bits per heavy atom. The third-order valence-electron chi connectivity index (χ3n) is 7.27. The molecule has 1 saturated heterocycles. The van der Waals surface area contributed by atoms with Gasteiger partial charge in [-0.25, -0.2) is 4.39 Å². The summed E-state index contributed by atoms with van der Waals surface area (Å²) in [6.07, 6.45) is 2.72. The first-order chi connectivity index (χ1) is 16.5. The van der Waals surface area contributed by atoms with Crippen LogP contribution >= 0.6 is 11.8 Å². The summed E-state index contributed by atoms with van der Waals surface area (Å²) >= 11 is 1.65. The number of likely N-dealkylation sites (tertiary alicyclic amines) is 1. The van der Waals surface area contributed by atoms with Crippen LogP contribution in [-0.4, -0.2) is 36.2 Å². The van der Waals surface area contributed by atoms with Crippen molar-refractivity contribution in [2.24, 2.45) is 5.92 Å². The molecule has 0 amide bonds. The number of fused-ring (bicyclic) bond motifs is 2. The van der Waals surface area contributed by atoms with Crippen LogP contribution in [-0.2, 0) is 0 Å². The van der Waals surface area contributed by atoms with E-state index >= 15 is 0 Å². The Bertz CT molecular complexity index is 1160. The molecular formula is C29H33FN2OS. The SMILES string of the molecule is Cc1ccc(C(O)C2CCN(CCCN3c4ccccc4Sc4cc(F)ccc43)CC2)c(C)c1. The normalized spacial score (nSPS) is 17.4. The number of aryl methyl sites for hydroxylation is 2. The van der Waals surface area contributed by atoms with Gasteiger partial charge in [0.25, 0.3) is 0 Å². The highest BCUT2D eigenvalue weighted by molar-refractivity contribution is 7.99. The van der Waals surface area contributed by atoms with Crippen LogP contribution in [0, 0.1) is 25.6 Å². The van der Waals surface area contributed by atoms with Gasteiger partial charge in [0.05, 0.1) is 17.5 Å². The molecule has 2 aliphatic heterocycles. The van der Waals surface area contributed by atoms with E-state index in [1.807, 2.05) is 12.1 Å². The van der Waals surface area contributed by atoms with E-state index in [2.05, 4.69) is 60.0 Å². The molecule has 1 N–H and O–H groups in total. The highest BCUT2D eigenvalue weighted by atomic mass is 32.2. The molecule has 3 nitrogen and oxygen atoms in total. The maximum absolute atomic E-state index is 13.9. The Hall–Kier alpha value is -2.34. The third kappa shape index (κ3) is 4.88. The molecule has 2 aliphatic rings. The summed E-state index contributed by atoms with van der Waals surface area (Å²) in [4.78, 5) is 7.04. The van der Waals surface area contributed by atoms with Crippen molar-refractivity contribution in [3.05, 3.63) is 83.2 Å². The minimum atomic E-state index is -0.373. The lowest BCUT2D eigenvalue weighted by Crippen LogP contribution is -2.37. The largest absolute Gasteiger partial charge is 0.388 e. The van der Waals surface area contributed by atoms with Crippen molar-refractivity contribution in [2.75, 3.05) is 31.1 Å². The lowest BCUT2D eigenvalue weighted by atomic mass is 9.85. The monoisotopic (exact) mass is 476 g/mol. The number of hydrogen-bond acceptors (Lipinski definition) is 4. The van der Waals surface area contributed by atoms with Crippen LogP contribution in [0.1, 0.15) is 42.1 Å². The van der Waals surface area contributed by atoms with Gasteiger partial charge in [0.15, 0.2) is 0 Å². The first-order valence-corrected chi connectivity index (χ1v) is 13.1. The molecular weight excluding hydrogens is 443 g/mol. The molecule has 0 spiro atoms. The Kier molecular flexibility index (Phi) is 6.96. The summed E-state index contributed by atoms with van der Waals surface area (Å²) < 4.78 is 13.9. The van der Waals surface area contributed by atoms with Crippen LogP contribution in [0.15, 0.2) is 70.5 Å². The molecule has 0 radical (unpaired) electrons. The van der Waals surface area contributed by atoms with Crippen LogP contribution in [0.5, 0.6) is 0 Å². The Morgan fingerprint density at radius 2 is 1.71 bits per heavy atom. The van der Waals surface area contributed by atoms with Crippen LogP contribution in [0.3, 0.4) is 0 Å². The molecule has 0 saturated carbocycles. The summed E-state index contributed by atoms with van der Waals surface area (Å²) in [6.45, 7) is 8.20. The van der Waals surface area contributed by atoms with E-state index in [4.69, 9.17) is 0 Å². The molecule has 0 aliphatic carbocycles. The Labute approximate surface area is 206 Å². The lowest BCUT2D eigenvalue weighted by molar-refractivity contribution is 0.0583. The maximum Gasteiger partial charge on any atom is 0.124 e. The first-order valence-electron chi connectivity index (χ1n) is 12.3. The molecule has 5 rings (SSSR count). The number of anilines is 2. The van der Waals surface area contributed by atoms with Gasteiger partial charge in [-0.05, 0) is 100 Å². The van der Waals surface area contributed by atoms with Crippen LogP contribution in [0.25, 0.3) is 0 Å². The minimum Gasteiger partial charge on any atom is -0.388 e. The van der Waals surface area contributed by atoms with Crippen molar-refractivity contribution in [3.8, 4) is 0 Å². The van der Waals surface area contributed by atoms with Crippen molar-refractivity contribution < 1.29 is 9.50 Å². The third-order valence-corrected chi connectivity index (χ3v) is 8.38. The van der Waals surface area contributed by atoms with Gasteiger partial charge in [0, 0.05) is 16.3 Å². The van der Waals surface area contributed by atoms with Gasteiger partial charge in [-0.15, -0.1) is 0 Å². The summed E-state index contributed by atoms with van der Waals surface area (Å²) in [5.41, 5.74) is 5.82. The van der Waals surface area contributed by atoms with Crippen LogP contribution in [0.4, 0.5) is 15.8 Å². The van der Waals surface area contributed by atoms with Crippen molar-refractivity contribution in [1.82, 2.24) is 4.90 Å². The predicted molar refractivity (Wildman–Crippen MR) is 139 cm³/mol. The molecule has 0 bridgehead atoms. The second kappa shape index (κ2) is 10.1. The van der Waals surface area contributed by atoms with Gasteiger partial charge in [0.1, 0.15) is 5.82 Å². The average Bonchev–Trinajstić information content (AvgIpc) is 2.83. The van der Waals surface area contributed by atoms with Gasteiger partial charge in [-0.3, -0.25) is 0 Å². The number of piperidine rings is 1. The molecule has 0 aromatic heterocycles. The molecule has 5 heteroatoms. The van der Waals surface area contributed by atoms with E-state index in [9.17, 15) is 9.50 Å². The van der Waals surface area contributed by atoms with E-state index in [1.54, 1.807) is 23.9 Å². The number of halogens is 1. The number of aliphatic hydroxyl groups is 1. The summed E-state index contributed by atoms with van der Waals surface area (Å²) in [5, 5.41) is 11.0. The fraction of sp³-hybridized carbons (Fsp3) is 0.379. The Morgan fingerprint density at radius 3 is 2.50 bits per heavy atom. The van der Waals surface area contributed by atoms with Gasteiger partial charge < -0.3 is 14.9 Å². The standard InChI is InChI=1S/C29H33FN2OS/c1-20-8-10-24(21(2)18-20)29(33)22-12-16-31(17-13-22)14-5-15-32-25-6-3-4-7-27(25)34-28-19-23(30)9-11-26(28)32/h3-4,6-11,18-19,22,29,33H,5,12-17H2,1-2H3. The maximum atomic E-state index is 13.9. The van der Waals surface area contributed by atoms with Crippen molar-refractivity contribution in [2.45, 2.75) is 49.0 Å². The van der Waals surface area contributed by atoms with Crippen LogP contribution < -0.4 is 4.90 Å². The summed E-state index contributed by atoms with van der Waals surface area (Å²) in [5.74, 6) is 0.141. The number of aliphatic hydroxyl groups excluding tert-OH is 1. The van der Waals surface area contributed by atoms with E-state index in [-0.39, 0.29) is 11.9 Å². The molecule has 34 heavy (non-hydrogen) atoms. The summed E-state index contributed by atoms with van der Waals surface area (Å²) in [7, 11) is 0. The van der Waals surface area contributed by atoms with Gasteiger partial charge in [-0.2, -0.15) is 0 Å². The fourth-order valence-corrected chi connectivity index (χ4v) is 6.53. The molecule has 3 aromatic carbocycles. The second-order valence-electron chi connectivity index (χ2n) is 9.67. The van der Waals surface area contributed by atoms with E-state index in [1.165, 1.54) is 21.7 Å². The smallest absolute Gasteiger partial charge is 0.124 e. The molecule has 1 unspecified atom stereocenters. The Balaban J connectivity index is 1.18. The second-order valence-corrected chi connectivity index (χ2v) is 10.8. The average molecular weight is 477 g/mol. The molecule has 178 valence electrons. The summed E-state index contributed by atoms with van der Waals surface area (Å²) in [6, 6.07) is 19.9. The zero-order valence-corrected chi connectivity index (χ0v) is 20.8. The number of nitrogens with zero attached hydrogens (tertiary/aromatic N) is 2. The van der Waals surface area contributed by atoms with Gasteiger partial charge in [0.2, 0.25) is 0 Å². The van der Waals surface area contributed by atoms with Crippen LogP contribution in [0.2, 0.25) is 0 Å². The van der Waals surface area contributed by atoms with Crippen molar-refractivity contribution >= 4 is 23.1 Å². The lowest BCUT2D eigenvalue weighted by Gasteiger charge is -2.36. The fourth-order valence-electron chi connectivity index (χ4n) is 5.40. The number of para-hydroxylation sites is 1. The molecule has 1 atom stereocenters. The number of benzene rings is 3. The van der Waals surface area contributed by atoms with E-state index in [0.717, 1.165) is 61.6 Å². The predicted octanol–water partition coefficient (Wildman–Crippen LogP) is 6.88. The first kappa shape index (κ1) is 23.4. The minimum absolute atomic E-state index is 0.184. The zero-order chi connectivity index (χ0) is 23.7. The highest BCUT2D eigenvalue weighted by Gasteiger charge is 2.28.